The fourth-order valence-electron chi connectivity index (χ4n) is 3.17. The number of ether oxygens (including phenoxy) is 4. The molecule has 0 aliphatic heterocycles. The van der Waals surface area contributed by atoms with Crippen molar-refractivity contribution in [2.45, 2.75) is 38.3 Å². The molecule has 182 valence electrons. The van der Waals surface area contributed by atoms with Gasteiger partial charge in [-0.2, -0.15) is 0 Å². The lowest BCUT2D eigenvalue weighted by Gasteiger charge is -2.20. The highest BCUT2D eigenvalue weighted by Crippen LogP contribution is 2.38. The number of hydrogen-bond donors (Lipinski definition) is 1. The van der Waals surface area contributed by atoms with Crippen molar-refractivity contribution in [3.8, 4) is 23.0 Å². The van der Waals surface area contributed by atoms with E-state index in [2.05, 4.69) is 4.72 Å². The first-order valence-corrected chi connectivity index (χ1v) is 11.8. The molecule has 2 aromatic rings. The molecule has 33 heavy (non-hydrogen) atoms. The third kappa shape index (κ3) is 6.75. The highest BCUT2D eigenvalue weighted by Gasteiger charge is 2.19. The van der Waals surface area contributed by atoms with Crippen LogP contribution in [0, 0.1) is 6.92 Å². The minimum absolute atomic E-state index is 0.145. The second-order valence-electron chi connectivity index (χ2n) is 7.78. The van der Waals surface area contributed by atoms with Crippen molar-refractivity contribution < 1.29 is 32.2 Å². The number of carbonyl (C=O) groups excluding carboxylic acids is 1. The van der Waals surface area contributed by atoms with Crippen molar-refractivity contribution in [2.75, 3.05) is 35.0 Å². The Hall–Kier alpha value is -2.98. The van der Waals surface area contributed by atoms with Crippen LogP contribution in [0.1, 0.15) is 25.0 Å². The van der Waals surface area contributed by atoms with E-state index in [1.165, 1.54) is 38.4 Å². The van der Waals surface area contributed by atoms with Gasteiger partial charge in [-0.05, 0) is 62.2 Å². The molecule has 1 amide bonds. The van der Waals surface area contributed by atoms with Crippen molar-refractivity contribution in [3.63, 3.8) is 0 Å². The number of nitrogens with one attached hydrogen (secondary N) is 1. The van der Waals surface area contributed by atoms with E-state index in [1.54, 1.807) is 46.0 Å². The minimum Gasteiger partial charge on any atom is -0.493 e. The smallest absolute Gasteiger partial charge is 0.260 e. The van der Waals surface area contributed by atoms with Crippen LogP contribution >= 0.6 is 0 Å². The summed E-state index contributed by atoms with van der Waals surface area (Å²) in [6.07, 6.45) is 0. The van der Waals surface area contributed by atoms with Crippen molar-refractivity contribution in [1.29, 1.82) is 0 Å². The molecule has 0 saturated carbocycles. The lowest BCUT2D eigenvalue weighted by atomic mass is 10.1. The summed E-state index contributed by atoms with van der Waals surface area (Å²) in [6.45, 7) is 5.34. The maximum absolute atomic E-state index is 12.6. The first kappa shape index (κ1) is 26.3. The van der Waals surface area contributed by atoms with Crippen LogP contribution in [-0.2, 0) is 21.4 Å². The summed E-state index contributed by atoms with van der Waals surface area (Å²) in [6, 6.07) is 7.86. The van der Waals surface area contributed by atoms with Gasteiger partial charge >= 0.3 is 0 Å². The molecule has 0 spiro atoms. The van der Waals surface area contributed by atoms with E-state index in [0.717, 1.165) is 5.56 Å². The number of likely N-dealkylation sites (N-methyl/N-ethyl adjacent to an activating group) is 1. The summed E-state index contributed by atoms with van der Waals surface area (Å²) < 4.78 is 48.9. The summed E-state index contributed by atoms with van der Waals surface area (Å²) >= 11 is 0. The second-order valence-corrected chi connectivity index (χ2v) is 9.49. The standard InChI is InChI=1S/C23H32N2O7S/c1-15(2)24-33(27,28)18-8-9-19(16(3)10-18)32-14-22(26)25(4)13-17-11-20(29-5)23(31-7)21(12-17)30-6/h8-12,15,24H,13-14H2,1-7H3. The number of amides is 1. The Balaban J connectivity index is 2.06. The Morgan fingerprint density at radius 3 is 2.09 bits per heavy atom. The number of carbonyl (C=O) groups is 1. The maximum atomic E-state index is 12.6. The summed E-state index contributed by atoms with van der Waals surface area (Å²) in [5.41, 5.74) is 1.41. The van der Waals surface area contributed by atoms with Crippen LogP contribution < -0.4 is 23.7 Å². The molecule has 0 bridgehead atoms. The Morgan fingerprint density at radius 1 is 1.00 bits per heavy atom. The number of aryl methyl sites for hydroxylation is 1. The van der Waals surface area contributed by atoms with Crippen LogP contribution in [0.3, 0.4) is 0 Å². The zero-order valence-electron chi connectivity index (χ0n) is 20.1. The molecule has 0 aromatic heterocycles. The van der Waals surface area contributed by atoms with Crippen LogP contribution in [0.2, 0.25) is 0 Å². The molecular formula is C23H32N2O7S. The Labute approximate surface area is 195 Å². The number of hydrogen-bond acceptors (Lipinski definition) is 7. The van der Waals surface area contributed by atoms with E-state index in [1.807, 2.05) is 0 Å². The van der Waals surface area contributed by atoms with Gasteiger partial charge in [-0.3, -0.25) is 4.79 Å². The molecule has 2 aromatic carbocycles. The predicted molar refractivity (Wildman–Crippen MR) is 125 cm³/mol. The monoisotopic (exact) mass is 480 g/mol. The van der Waals surface area contributed by atoms with Gasteiger partial charge in [-0.15, -0.1) is 0 Å². The molecule has 1 N–H and O–H groups in total. The topological polar surface area (TPSA) is 103 Å². The fourth-order valence-corrected chi connectivity index (χ4v) is 4.50. The molecule has 0 saturated heterocycles. The molecule has 0 aliphatic carbocycles. The molecule has 0 aliphatic rings. The third-order valence-corrected chi connectivity index (χ3v) is 6.42. The van der Waals surface area contributed by atoms with Gasteiger partial charge in [-0.1, -0.05) is 0 Å². The first-order valence-electron chi connectivity index (χ1n) is 10.3. The molecule has 0 unspecified atom stereocenters. The van der Waals surface area contributed by atoms with Crippen LogP contribution in [0.15, 0.2) is 35.2 Å². The van der Waals surface area contributed by atoms with Crippen LogP contribution in [0.4, 0.5) is 0 Å². The van der Waals surface area contributed by atoms with Gasteiger partial charge in [0.2, 0.25) is 15.8 Å². The summed E-state index contributed by atoms with van der Waals surface area (Å²) in [5, 5.41) is 0. The Morgan fingerprint density at radius 2 is 1.61 bits per heavy atom. The Kier molecular flexibility index (Phi) is 8.95. The lowest BCUT2D eigenvalue weighted by molar-refractivity contribution is -0.132. The number of rotatable bonds is 11. The molecule has 0 heterocycles. The van der Waals surface area contributed by atoms with Crippen molar-refractivity contribution in [2.24, 2.45) is 0 Å². The van der Waals surface area contributed by atoms with Gasteiger partial charge in [0, 0.05) is 19.6 Å². The van der Waals surface area contributed by atoms with Crippen LogP contribution in [0.25, 0.3) is 0 Å². The SMILES string of the molecule is COc1cc(CN(C)C(=O)COc2ccc(S(=O)(=O)NC(C)C)cc2C)cc(OC)c1OC. The summed E-state index contributed by atoms with van der Waals surface area (Å²) in [4.78, 5) is 14.3. The normalized spacial score (nSPS) is 11.3. The highest BCUT2D eigenvalue weighted by molar-refractivity contribution is 7.89. The maximum Gasteiger partial charge on any atom is 0.260 e. The molecule has 9 nitrogen and oxygen atoms in total. The van der Waals surface area contributed by atoms with E-state index < -0.39 is 10.0 Å². The predicted octanol–water partition coefficient (Wildman–Crippen LogP) is 2.74. The number of sulfonamides is 1. The number of methoxy groups -OCH3 is 3. The van der Waals surface area contributed by atoms with E-state index in [9.17, 15) is 13.2 Å². The van der Waals surface area contributed by atoms with E-state index >= 15 is 0 Å². The average molecular weight is 481 g/mol. The first-order chi connectivity index (χ1) is 15.5. The van der Waals surface area contributed by atoms with Crippen LogP contribution in [-0.4, -0.2) is 60.3 Å². The van der Waals surface area contributed by atoms with Crippen molar-refractivity contribution in [3.05, 3.63) is 41.5 Å². The van der Waals surface area contributed by atoms with E-state index in [-0.39, 0.29) is 23.5 Å². The molecule has 10 heteroatoms. The van der Waals surface area contributed by atoms with Gasteiger partial charge < -0.3 is 23.8 Å². The van der Waals surface area contributed by atoms with Gasteiger partial charge in [0.25, 0.3) is 5.91 Å². The van der Waals surface area contributed by atoms with Gasteiger partial charge in [0.1, 0.15) is 5.75 Å². The zero-order valence-corrected chi connectivity index (χ0v) is 20.9. The van der Waals surface area contributed by atoms with E-state index in [4.69, 9.17) is 18.9 Å². The molecule has 0 radical (unpaired) electrons. The zero-order chi connectivity index (χ0) is 24.8. The number of nitrogens with zero attached hydrogens (tertiary/aromatic N) is 1. The van der Waals surface area contributed by atoms with Crippen molar-refractivity contribution in [1.82, 2.24) is 9.62 Å². The lowest BCUT2D eigenvalue weighted by Crippen LogP contribution is -2.31. The Bertz CT molecular complexity index is 1060. The molecular weight excluding hydrogens is 448 g/mol. The fraction of sp³-hybridized carbons (Fsp3) is 0.435. The number of benzene rings is 2. The highest BCUT2D eigenvalue weighted by atomic mass is 32.2. The molecule has 0 atom stereocenters. The summed E-state index contributed by atoms with van der Waals surface area (Å²) in [7, 11) is 2.64. The van der Waals surface area contributed by atoms with Gasteiger partial charge in [-0.25, -0.2) is 13.1 Å². The van der Waals surface area contributed by atoms with Crippen LogP contribution in [0.5, 0.6) is 23.0 Å². The molecule has 0 fully saturated rings. The van der Waals surface area contributed by atoms with Crippen molar-refractivity contribution >= 4 is 15.9 Å². The molecule has 2 rings (SSSR count). The summed E-state index contributed by atoms with van der Waals surface area (Å²) in [5.74, 6) is 1.67. The van der Waals surface area contributed by atoms with Gasteiger partial charge in [0.15, 0.2) is 18.1 Å². The third-order valence-electron chi connectivity index (χ3n) is 4.77. The largest absolute Gasteiger partial charge is 0.493 e. The average Bonchev–Trinajstić information content (AvgIpc) is 2.76. The van der Waals surface area contributed by atoms with E-state index in [0.29, 0.717) is 35.1 Å². The second kappa shape index (κ2) is 11.2. The van der Waals surface area contributed by atoms with Gasteiger partial charge in [0.05, 0.1) is 26.2 Å². The quantitative estimate of drug-likeness (QED) is 0.527. The minimum atomic E-state index is -3.60.